The van der Waals surface area contributed by atoms with Crippen LogP contribution in [0.25, 0.3) is 0 Å². The summed E-state index contributed by atoms with van der Waals surface area (Å²) in [6, 6.07) is 0. The van der Waals surface area contributed by atoms with Crippen molar-refractivity contribution < 1.29 is 13.6 Å². The lowest BCUT2D eigenvalue weighted by Crippen LogP contribution is -2.58. The topological polar surface area (TPSA) is 20.3 Å². The summed E-state index contributed by atoms with van der Waals surface area (Å²) < 4.78 is 24.5. The van der Waals surface area contributed by atoms with E-state index in [1.54, 1.807) is 6.08 Å². The monoisotopic (exact) mass is 175 g/mol. The Morgan fingerprint density at radius 3 is 2.58 bits per heavy atom. The normalized spacial score (nSPS) is 21.1. The SMILES string of the molecule is CCC=CC(=O)N1CC(F)(F)C1. The minimum atomic E-state index is -2.66. The summed E-state index contributed by atoms with van der Waals surface area (Å²) in [7, 11) is 0. The number of allylic oxidation sites excluding steroid dienone is 1. The van der Waals surface area contributed by atoms with Gasteiger partial charge in [-0.05, 0) is 12.5 Å². The number of carbonyl (C=O) groups excluding carboxylic acids is 1. The minimum Gasteiger partial charge on any atom is -0.327 e. The number of nitrogens with zero attached hydrogens (tertiary/aromatic N) is 1. The molecule has 1 aliphatic rings. The van der Waals surface area contributed by atoms with Gasteiger partial charge in [-0.3, -0.25) is 4.79 Å². The van der Waals surface area contributed by atoms with Gasteiger partial charge in [0.15, 0.2) is 0 Å². The summed E-state index contributed by atoms with van der Waals surface area (Å²) in [5.74, 6) is -2.97. The zero-order valence-electron chi connectivity index (χ0n) is 6.89. The number of halogens is 2. The fourth-order valence-corrected chi connectivity index (χ4v) is 0.992. The molecule has 0 saturated carbocycles. The second-order valence-corrected chi connectivity index (χ2v) is 2.86. The van der Waals surface area contributed by atoms with Crippen LogP contribution in [0.3, 0.4) is 0 Å². The number of rotatable bonds is 2. The van der Waals surface area contributed by atoms with Crippen molar-refractivity contribution in [3.05, 3.63) is 12.2 Å². The van der Waals surface area contributed by atoms with E-state index >= 15 is 0 Å². The maximum Gasteiger partial charge on any atom is 0.282 e. The van der Waals surface area contributed by atoms with Gasteiger partial charge in [-0.1, -0.05) is 13.0 Å². The predicted molar refractivity (Wildman–Crippen MR) is 41.0 cm³/mol. The number of amides is 1. The van der Waals surface area contributed by atoms with E-state index in [2.05, 4.69) is 0 Å². The second kappa shape index (κ2) is 3.21. The fourth-order valence-electron chi connectivity index (χ4n) is 0.992. The molecule has 0 aromatic rings. The summed E-state index contributed by atoms with van der Waals surface area (Å²) in [5.41, 5.74) is 0. The highest BCUT2D eigenvalue weighted by molar-refractivity contribution is 5.88. The molecule has 2 nitrogen and oxygen atoms in total. The van der Waals surface area contributed by atoms with E-state index in [4.69, 9.17) is 0 Å². The third-order valence-corrected chi connectivity index (χ3v) is 1.65. The van der Waals surface area contributed by atoms with Gasteiger partial charge in [-0.25, -0.2) is 8.78 Å². The standard InChI is InChI=1S/C8H11F2NO/c1-2-3-4-7(12)11-5-8(9,10)6-11/h3-4H,2,5-6H2,1H3. The zero-order chi connectivity index (χ0) is 9.19. The molecule has 0 aromatic heterocycles. The third kappa shape index (κ3) is 2.03. The molecule has 0 bridgehead atoms. The summed E-state index contributed by atoms with van der Waals surface area (Å²) in [4.78, 5) is 12.1. The summed E-state index contributed by atoms with van der Waals surface area (Å²) in [6.45, 7) is 1.02. The number of alkyl halides is 2. The van der Waals surface area contributed by atoms with Crippen molar-refractivity contribution in [2.45, 2.75) is 19.3 Å². The Morgan fingerprint density at radius 1 is 1.58 bits per heavy atom. The average molecular weight is 175 g/mol. The van der Waals surface area contributed by atoms with Crippen LogP contribution in [0.2, 0.25) is 0 Å². The summed E-state index contributed by atoms with van der Waals surface area (Å²) in [6.07, 6.45) is 3.75. The third-order valence-electron chi connectivity index (χ3n) is 1.65. The Kier molecular flexibility index (Phi) is 2.45. The van der Waals surface area contributed by atoms with E-state index in [1.807, 2.05) is 6.92 Å². The Hall–Kier alpha value is -0.930. The molecule has 1 aliphatic heterocycles. The first-order valence-electron chi connectivity index (χ1n) is 3.88. The molecular formula is C8H11F2NO. The first kappa shape index (κ1) is 9.16. The van der Waals surface area contributed by atoms with Crippen molar-refractivity contribution >= 4 is 5.91 Å². The van der Waals surface area contributed by atoms with Crippen molar-refractivity contribution in [3.8, 4) is 0 Å². The van der Waals surface area contributed by atoms with E-state index in [0.717, 1.165) is 11.3 Å². The highest BCUT2D eigenvalue weighted by Crippen LogP contribution is 2.26. The van der Waals surface area contributed by atoms with E-state index in [0.29, 0.717) is 0 Å². The van der Waals surface area contributed by atoms with Crippen molar-refractivity contribution in [1.29, 1.82) is 0 Å². The van der Waals surface area contributed by atoms with Gasteiger partial charge in [-0.15, -0.1) is 0 Å². The molecule has 0 aromatic carbocycles. The van der Waals surface area contributed by atoms with Gasteiger partial charge < -0.3 is 4.90 Å². The molecule has 0 aliphatic carbocycles. The molecule has 12 heavy (non-hydrogen) atoms. The summed E-state index contributed by atoms with van der Waals surface area (Å²) >= 11 is 0. The number of hydrogen-bond donors (Lipinski definition) is 0. The maximum absolute atomic E-state index is 12.3. The van der Waals surface area contributed by atoms with Gasteiger partial charge in [0.2, 0.25) is 5.91 Å². The van der Waals surface area contributed by atoms with Gasteiger partial charge in [0, 0.05) is 0 Å². The highest BCUT2D eigenvalue weighted by Gasteiger charge is 2.45. The average Bonchev–Trinajstić information content (AvgIpc) is 1.95. The molecule has 0 spiro atoms. The molecule has 1 heterocycles. The van der Waals surface area contributed by atoms with Crippen LogP contribution in [-0.2, 0) is 4.79 Å². The zero-order valence-corrected chi connectivity index (χ0v) is 6.89. The van der Waals surface area contributed by atoms with E-state index in [-0.39, 0.29) is 5.91 Å². The van der Waals surface area contributed by atoms with Gasteiger partial charge in [0.1, 0.15) is 0 Å². The number of carbonyl (C=O) groups is 1. The Labute approximate surface area is 69.9 Å². The molecule has 1 rings (SSSR count). The van der Waals surface area contributed by atoms with E-state index in [1.165, 1.54) is 6.08 Å². The quantitative estimate of drug-likeness (QED) is 0.581. The molecule has 0 unspecified atom stereocenters. The lowest BCUT2D eigenvalue weighted by molar-refractivity contribution is -0.160. The van der Waals surface area contributed by atoms with Crippen LogP contribution in [0.15, 0.2) is 12.2 Å². The summed E-state index contributed by atoms with van der Waals surface area (Å²) in [5, 5.41) is 0. The van der Waals surface area contributed by atoms with Crippen molar-refractivity contribution in [3.63, 3.8) is 0 Å². The maximum atomic E-state index is 12.3. The van der Waals surface area contributed by atoms with Gasteiger partial charge >= 0.3 is 0 Å². The lowest BCUT2D eigenvalue weighted by atomic mass is 10.1. The molecule has 0 N–H and O–H groups in total. The molecule has 1 fully saturated rings. The molecule has 68 valence electrons. The van der Waals surface area contributed by atoms with Gasteiger partial charge in [-0.2, -0.15) is 0 Å². The smallest absolute Gasteiger partial charge is 0.282 e. The van der Waals surface area contributed by atoms with Crippen molar-refractivity contribution in [1.82, 2.24) is 4.90 Å². The van der Waals surface area contributed by atoms with Gasteiger partial charge in [0.05, 0.1) is 13.1 Å². The van der Waals surface area contributed by atoms with Crippen LogP contribution < -0.4 is 0 Å². The lowest BCUT2D eigenvalue weighted by Gasteiger charge is -2.37. The predicted octanol–water partition coefficient (Wildman–Crippen LogP) is 1.43. The number of hydrogen-bond acceptors (Lipinski definition) is 1. The Bertz CT molecular complexity index is 205. The van der Waals surface area contributed by atoms with Crippen LogP contribution in [0.4, 0.5) is 8.78 Å². The Balaban J connectivity index is 2.33. The van der Waals surface area contributed by atoms with Crippen molar-refractivity contribution in [2.24, 2.45) is 0 Å². The minimum absolute atomic E-state index is 0.317. The molecular weight excluding hydrogens is 164 g/mol. The fraction of sp³-hybridized carbons (Fsp3) is 0.625. The van der Waals surface area contributed by atoms with Crippen LogP contribution in [0.5, 0.6) is 0 Å². The van der Waals surface area contributed by atoms with Crippen LogP contribution in [-0.4, -0.2) is 29.8 Å². The number of likely N-dealkylation sites (tertiary alicyclic amines) is 1. The van der Waals surface area contributed by atoms with Crippen molar-refractivity contribution in [2.75, 3.05) is 13.1 Å². The van der Waals surface area contributed by atoms with Crippen LogP contribution in [0.1, 0.15) is 13.3 Å². The molecule has 1 amide bonds. The highest BCUT2D eigenvalue weighted by atomic mass is 19.3. The first-order chi connectivity index (χ1) is 5.55. The van der Waals surface area contributed by atoms with Gasteiger partial charge in [0.25, 0.3) is 5.92 Å². The largest absolute Gasteiger partial charge is 0.327 e. The first-order valence-corrected chi connectivity index (χ1v) is 3.88. The van der Waals surface area contributed by atoms with Crippen LogP contribution in [0, 0.1) is 0 Å². The second-order valence-electron chi connectivity index (χ2n) is 2.86. The van der Waals surface area contributed by atoms with E-state index in [9.17, 15) is 13.6 Å². The van der Waals surface area contributed by atoms with E-state index < -0.39 is 19.0 Å². The molecule has 0 radical (unpaired) electrons. The van der Waals surface area contributed by atoms with Crippen LogP contribution >= 0.6 is 0 Å². The molecule has 4 heteroatoms. The molecule has 1 saturated heterocycles. The Morgan fingerprint density at radius 2 is 2.17 bits per heavy atom. The molecule has 0 atom stereocenters.